The van der Waals surface area contributed by atoms with Crippen molar-refractivity contribution < 1.29 is 14.3 Å². The fourth-order valence-electron chi connectivity index (χ4n) is 3.67. The first-order valence-corrected chi connectivity index (χ1v) is 8.25. The molecule has 1 aliphatic heterocycles. The Hall–Kier alpha value is -1.79. The van der Waals surface area contributed by atoms with Gasteiger partial charge in [0.2, 0.25) is 5.91 Å². The SMILES string of the molecule is COC(=O)[C@@H]1CC(N=[N+]=[N-])CN1C(=O)[C@H](N)CC1CCCCC1. The number of amides is 1. The van der Waals surface area contributed by atoms with Crippen LogP contribution < -0.4 is 5.73 Å². The molecular weight excluding hydrogens is 298 g/mol. The number of methoxy groups -OCH3 is 1. The second-order valence-corrected chi connectivity index (χ2v) is 6.47. The lowest BCUT2D eigenvalue weighted by atomic mass is 9.84. The number of nitrogens with zero attached hydrogens (tertiary/aromatic N) is 4. The van der Waals surface area contributed by atoms with Gasteiger partial charge in [-0.2, -0.15) is 0 Å². The molecule has 8 nitrogen and oxygen atoms in total. The number of azide groups is 1. The summed E-state index contributed by atoms with van der Waals surface area (Å²) in [6.07, 6.45) is 6.81. The number of hydrogen-bond donors (Lipinski definition) is 1. The molecule has 128 valence electrons. The van der Waals surface area contributed by atoms with Gasteiger partial charge in [0.1, 0.15) is 6.04 Å². The fraction of sp³-hybridized carbons (Fsp3) is 0.867. The van der Waals surface area contributed by atoms with E-state index in [1.807, 2.05) is 0 Å². The van der Waals surface area contributed by atoms with E-state index in [1.165, 1.54) is 31.3 Å². The molecule has 2 N–H and O–H groups in total. The molecule has 0 bridgehead atoms. The molecule has 2 rings (SSSR count). The third kappa shape index (κ3) is 4.36. The molecule has 1 aliphatic carbocycles. The number of nitrogens with two attached hydrogens (primary N) is 1. The quantitative estimate of drug-likeness (QED) is 0.358. The molecule has 1 heterocycles. The summed E-state index contributed by atoms with van der Waals surface area (Å²) in [5.74, 6) is -0.254. The molecule has 0 radical (unpaired) electrons. The van der Waals surface area contributed by atoms with Crippen LogP contribution in [0.3, 0.4) is 0 Å². The predicted octanol–water partition coefficient (Wildman–Crippen LogP) is 1.74. The summed E-state index contributed by atoms with van der Waals surface area (Å²) < 4.78 is 4.76. The minimum atomic E-state index is -0.708. The monoisotopic (exact) mass is 323 g/mol. The second-order valence-electron chi connectivity index (χ2n) is 6.47. The highest BCUT2D eigenvalue weighted by atomic mass is 16.5. The molecule has 0 aromatic carbocycles. The summed E-state index contributed by atoms with van der Waals surface area (Å²) in [6.45, 7) is 0.223. The van der Waals surface area contributed by atoms with Gasteiger partial charge in [-0.3, -0.25) is 4.79 Å². The number of esters is 1. The van der Waals surface area contributed by atoms with E-state index in [0.29, 0.717) is 18.8 Å². The van der Waals surface area contributed by atoms with Gasteiger partial charge >= 0.3 is 5.97 Å². The van der Waals surface area contributed by atoms with Crippen LogP contribution >= 0.6 is 0 Å². The van der Waals surface area contributed by atoms with E-state index in [9.17, 15) is 9.59 Å². The third-order valence-electron chi connectivity index (χ3n) is 4.88. The molecule has 8 heteroatoms. The zero-order valence-corrected chi connectivity index (χ0v) is 13.6. The van der Waals surface area contributed by atoms with Gasteiger partial charge < -0.3 is 15.4 Å². The maximum Gasteiger partial charge on any atom is 0.328 e. The molecule has 1 saturated carbocycles. The van der Waals surface area contributed by atoms with Gasteiger partial charge in [-0.05, 0) is 24.3 Å². The molecule has 3 atom stereocenters. The van der Waals surface area contributed by atoms with Crippen molar-refractivity contribution in [3.63, 3.8) is 0 Å². The zero-order chi connectivity index (χ0) is 16.8. The van der Waals surface area contributed by atoms with E-state index in [0.717, 1.165) is 12.8 Å². The molecular formula is C15H25N5O3. The normalized spacial score (nSPS) is 26.4. The zero-order valence-electron chi connectivity index (χ0n) is 13.6. The molecule has 0 spiro atoms. The largest absolute Gasteiger partial charge is 0.467 e. The summed E-state index contributed by atoms with van der Waals surface area (Å²) in [5.41, 5.74) is 14.7. The molecule has 2 fully saturated rings. The van der Waals surface area contributed by atoms with Crippen LogP contribution in [-0.4, -0.2) is 48.6 Å². The summed E-state index contributed by atoms with van der Waals surface area (Å²) in [6, 6.07) is -1.73. The molecule has 1 unspecified atom stereocenters. The van der Waals surface area contributed by atoms with Crippen LogP contribution in [0, 0.1) is 5.92 Å². The van der Waals surface area contributed by atoms with Crippen molar-refractivity contribution in [3.05, 3.63) is 10.4 Å². The second kappa shape index (κ2) is 8.17. The van der Waals surface area contributed by atoms with Gasteiger partial charge in [-0.25, -0.2) is 4.79 Å². The minimum Gasteiger partial charge on any atom is -0.467 e. The number of carbonyl (C=O) groups is 2. The smallest absolute Gasteiger partial charge is 0.328 e. The highest BCUT2D eigenvalue weighted by Crippen LogP contribution is 2.28. The van der Waals surface area contributed by atoms with Crippen molar-refractivity contribution in [3.8, 4) is 0 Å². The van der Waals surface area contributed by atoms with E-state index in [1.54, 1.807) is 0 Å². The van der Waals surface area contributed by atoms with Crippen molar-refractivity contribution in [1.29, 1.82) is 0 Å². The number of ether oxygens (including phenoxy) is 1. The van der Waals surface area contributed by atoms with Crippen molar-refractivity contribution in [1.82, 2.24) is 4.90 Å². The van der Waals surface area contributed by atoms with Crippen molar-refractivity contribution >= 4 is 11.9 Å². The Morgan fingerprint density at radius 2 is 2.09 bits per heavy atom. The summed E-state index contributed by atoms with van der Waals surface area (Å²) in [4.78, 5) is 28.8. The van der Waals surface area contributed by atoms with Crippen molar-refractivity contribution in [2.75, 3.05) is 13.7 Å². The first-order valence-electron chi connectivity index (χ1n) is 8.25. The van der Waals surface area contributed by atoms with Crippen LogP contribution in [0.15, 0.2) is 5.11 Å². The molecule has 0 aromatic heterocycles. The van der Waals surface area contributed by atoms with E-state index in [2.05, 4.69) is 10.0 Å². The molecule has 0 aromatic rings. The Morgan fingerprint density at radius 1 is 1.39 bits per heavy atom. The van der Waals surface area contributed by atoms with Crippen LogP contribution in [0.2, 0.25) is 0 Å². The Morgan fingerprint density at radius 3 is 2.70 bits per heavy atom. The van der Waals surface area contributed by atoms with Crippen molar-refractivity contribution in [2.24, 2.45) is 16.8 Å². The maximum atomic E-state index is 12.7. The lowest BCUT2D eigenvalue weighted by Crippen LogP contribution is -2.49. The number of carbonyl (C=O) groups excluding carboxylic acids is 2. The van der Waals surface area contributed by atoms with Crippen LogP contribution in [0.4, 0.5) is 0 Å². The summed E-state index contributed by atoms with van der Waals surface area (Å²) in [5, 5.41) is 3.64. The van der Waals surface area contributed by atoms with Gasteiger partial charge in [-0.15, -0.1) is 0 Å². The Kier molecular flexibility index (Phi) is 6.24. The van der Waals surface area contributed by atoms with Gasteiger partial charge in [0.25, 0.3) is 0 Å². The number of hydrogen-bond acceptors (Lipinski definition) is 5. The minimum absolute atomic E-state index is 0.223. The first kappa shape index (κ1) is 17.6. The van der Waals surface area contributed by atoms with Crippen LogP contribution in [0.5, 0.6) is 0 Å². The highest BCUT2D eigenvalue weighted by Gasteiger charge is 2.41. The average molecular weight is 323 g/mol. The van der Waals surface area contributed by atoms with Gasteiger partial charge in [0.05, 0.1) is 19.2 Å². The van der Waals surface area contributed by atoms with E-state index >= 15 is 0 Å². The average Bonchev–Trinajstić information content (AvgIpc) is 2.98. The summed E-state index contributed by atoms with van der Waals surface area (Å²) in [7, 11) is 1.29. The highest BCUT2D eigenvalue weighted by molar-refractivity contribution is 5.88. The topological polar surface area (TPSA) is 121 Å². The first-order chi connectivity index (χ1) is 11.1. The van der Waals surface area contributed by atoms with Crippen LogP contribution in [-0.2, 0) is 14.3 Å². The van der Waals surface area contributed by atoms with Crippen LogP contribution in [0.25, 0.3) is 10.4 Å². The molecule has 2 aliphatic rings. The molecule has 1 amide bonds. The predicted molar refractivity (Wildman–Crippen MR) is 84.2 cm³/mol. The standard InChI is InChI=1S/C15H25N5O3/c1-23-15(22)13-8-11(18-19-17)9-20(13)14(21)12(16)7-10-5-3-2-4-6-10/h10-13H,2-9,16H2,1H3/t11?,12-,13+/m1/s1. The van der Waals surface area contributed by atoms with E-state index in [-0.39, 0.29) is 12.5 Å². The summed E-state index contributed by atoms with van der Waals surface area (Å²) >= 11 is 0. The lowest BCUT2D eigenvalue weighted by molar-refractivity contribution is -0.151. The Bertz CT molecular complexity index is 486. The fourth-order valence-corrected chi connectivity index (χ4v) is 3.67. The Balaban J connectivity index is 2.01. The van der Waals surface area contributed by atoms with E-state index < -0.39 is 24.1 Å². The molecule has 23 heavy (non-hydrogen) atoms. The number of rotatable bonds is 5. The van der Waals surface area contributed by atoms with Gasteiger partial charge in [0, 0.05) is 11.5 Å². The van der Waals surface area contributed by atoms with Crippen molar-refractivity contribution in [2.45, 2.75) is 63.1 Å². The third-order valence-corrected chi connectivity index (χ3v) is 4.88. The number of likely N-dealkylation sites (tertiary alicyclic amines) is 1. The van der Waals surface area contributed by atoms with E-state index in [4.69, 9.17) is 16.0 Å². The van der Waals surface area contributed by atoms with Gasteiger partial charge in [-0.1, -0.05) is 37.2 Å². The Labute approximate surface area is 136 Å². The lowest BCUT2D eigenvalue weighted by Gasteiger charge is -2.29. The molecule has 1 saturated heterocycles. The van der Waals surface area contributed by atoms with Crippen LogP contribution in [0.1, 0.15) is 44.9 Å². The maximum absolute atomic E-state index is 12.7. The van der Waals surface area contributed by atoms with Gasteiger partial charge in [0.15, 0.2) is 0 Å².